The lowest BCUT2D eigenvalue weighted by molar-refractivity contribution is -0.141. The molecule has 1 saturated heterocycles. The summed E-state index contributed by atoms with van der Waals surface area (Å²) in [5.74, 6) is 0.686. The van der Waals surface area contributed by atoms with Crippen molar-refractivity contribution in [2.24, 2.45) is 11.3 Å². The Labute approximate surface area is 162 Å². The van der Waals surface area contributed by atoms with Crippen molar-refractivity contribution in [3.8, 4) is 11.4 Å². The van der Waals surface area contributed by atoms with E-state index in [1.165, 1.54) is 0 Å². The first kappa shape index (κ1) is 19.5. The lowest BCUT2D eigenvalue weighted by atomic mass is 9.89. The number of hydrogen-bond donors (Lipinski definition) is 0. The van der Waals surface area contributed by atoms with Gasteiger partial charge in [-0.05, 0) is 37.7 Å². The van der Waals surface area contributed by atoms with Gasteiger partial charge in [0.05, 0.1) is 17.6 Å². The number of hydrogen-bond acceptors (Lipinski definition) is 4. The third kappa shape index (κ3) is 4.73. The van der Waals surface area contributed by atoms with Crippen LogP contribution in [0.4, 0.5) is 0 Å². The van der Waals surface area contributed by atoms with Gasteiger partial charge >= 0.3 is 0 Å². The Morgan fingerprint density at radius 3 is 2.85 bits per heavy atom. The van der Waals surface area contributed by atoms with Gasteiger partial charge in [-0.2, -0.15) is 5.10 Å². The molecule has 0 spiro atoms. The van der Waals surface area contributed by atoms with Gasteiger partial charge in [-0.25, -0.2) is 4.98 Å². The number of carbonyl (C=O) groups is 1. The normalized spacial score (nSPS) is 17.9. The number of aromatic nitrogens is 4. The number of amides is 1. The van der Waals surface area contributed by atoms with E-state index in [2.05, 4.69) is 17.0 Å². The van der Waals surface area contributed by atoms with Gasteiger partial charge in [0.1, 0.15) is 5.69 Å². The SMILES string of the molecule is CCCn1nccc1-c1cncc(C[C@H]2CCCN(C(=O)C(C)(C)C)C2)n1. The van der Waals surface area contributed by atoms with Crippen LogP contribution in [0, 0.1) is 11.3 Å². The minimum atomic E-state index is -0.320. The molecule has 146 valence electrons. The lowest BCUT2D eigenvalue weighted by Gasteiger charge is -2.36. The van der Waals surface area contributed by atoms with Crippen LogP contribution in [0.25, 0.3) is 11.4 Å². The Balaban J connectivity index is 1.71. The van der Waals surface area contributed by atoms with Crippen molar-refractivity contribution in [3.63, 3.8) is 0 Å². The molecule has 1 aliphatic rings. The monoisotopic (exact) mass is 369 g/mol. The number of rotatable bonds is 5. The van der Waals surface area contributed by atoms with E-state index in [1.807, 2.05) is 55.0 Å². The molecule has 0 unspecified atom stereocenters. The molecule has 2 aromatic heterocycles. The number of nitrogens with zero attached hydrogens (tertiary/aromatic N) is 5. The van der Waals surface area contributed by atoms with E-state index in [9.17, 15) is 4.79 Å². The smallest absolute Gasteiger partial charge is 0.227 e. The van der Waals surface area contributed by atoms with Crippen LogP contribution in [0.1, 0.15) is 52.7 Å². The quantitative estimate of drug-likeness (QED) is 0.808. The average Bonchev–Trinajstić information content (AvgIpc) is 3.09. The molecule has 0 aliphatic carbocycles. The predicted molar refractivity (Wildman–Crippen MR) is 106 cm³/mol. The molecule has 6 heteroatoms. The Bertz CT molecular complexity index is 777. The molecular formula is C21H31N5O. The molecule has 0 radical (unpaired) electrons. The van der Waals surface area contributed by atoms with Gasteiger partial charge < -0.3 is 4.90 Å². The summed E-state index contributed by atoms with van der Waals surface area (Å²) in [5, 5.41) is 4.38. The molecule has 1 fully saturated rings. The first-order chi connectivity index (χ1) is 12.9. The second kappa shape index (κ2) is 8.19. The van der Waals surface area contributed by atoms with Crippen molar-refractivity contribution in [2.45, 2.75) is 59.9 Å². The van der Waals surface area contributed by atoms with Crippen LogP contribution in [0.5, 0.6) is 0 Å². The topological polar surface area (TPSA) is 63.9 Å². The van der Waals surface area contributed by atoms with Crippen molar-refractivity contribution in [2.75, 3.05) is 13.1 Å². The van der Waals surface area contributed by atoms with Crippen LogP contribution >= 0.6 is 0 Å². The third-order valence-corrected chi connectivity index (χ3v) is 5.04. The number of piperidine rings is 1. The summed E-state index contributed by atoms with van der Waals surface area (Å²) < 4.78 is 1.98. The van der Waals surface area contributed by atoms with Crippen molar-refractivity contribution >= 4 is 5.91 Å². The molecule has 2 aromatic rings. The molecule has 0 saturated carbocycles. The van der Waals surface area contributed by atoms with E-state index in [0.29, 0.717) is 5.92 Å². The Kier molecular flexibility index (Phi) is 5.92. The van der Waals surface area contributed by atoms with E-state index >= 15 is 0 Å². The van der Waals surface area contributed by atoms with Gasteiger partial charge in [-0.3, -0.25) is 14.5 Å². The van der Waals surface area contributed by atoms with Crippen LogP contribution in [0.3, 0.4) is 0 Å². The van der Waals surface area contributed by atoms with Gasteiger partial charge in [0.2, 0.25) is 5.91 Å². The molecule has 0 bridgehead atoms. The maximum atomic E-state index is 12.6. The lowest BCUT2D eigenvalue weighted by Crippen LogP contribution is -2.45. The molecule has 3 heterocycles. The highest BCUT2D eigenvalue weighted by atomic mass is 16.2. The highest BCUT2D eigenvalue weighted by Gasteiger charge is 2.31. The average molecular weight is 370 g/mol. The van der Waals surface area contributed by atoms with Crippen LogP contribution < -0.4 is 0 Å². The van der Waals surface area contributed by atoms with Crippen molar-refractivity contribution in [1.82, 2.24) is 24.6 Å². The zero-order valence-electron chi connectivity index (χ0n) is 17.0. The summed E-state index contributed by atoms with van der Waals surface area (Å²) >= 11 is 0. The summed E-state index contributed by atoms with van der Waals surface area (Å²) in [6.45, 7) is 10.7. The molecule has 27 heavy (non-hydrogen) atoms. The molecule has 6 nitrogen and oxygen atoms in total. The Morgan fingerprint density at radius 1 is 1.30 bits per heavy atom. The summed E-state index contributed by atoms with van der Waals surface area (Å²) in [7, 11) is 0. The van der Waals surface area contributed by atoms with Crippen molar-refractivity contribution < 1.29 is 4.79 Å². The van der Waals surface area contributed by atoms with E-state index in [4.69, 9.17) is 4.98 Å². The van der Waals surface area contributed by atoms with Crippen molar-refractivity contribution in [3.05, 3.63) is 30.4 Å². The molecule has 1 aliphatic heterocycles. The van der Waals surface area contributed by atoms with Gasteiger partial charge in [-0.15, -0.1) is 0 Å². The molecule has 3 rings (SSSR count). The Morgan fingerprint density at radius 2 is 2.11 bits per heavy atom. The van der Waals surface area contributed by atoms with E-state index in [0.717, 1.165) is 62.4 Å². The second-order valence-corrected chi connectivity index (χ2v) is 8.55. The number of carbonyl (C=O) groups excluding carboxylic acids is 1. The predicted octanol–water partition coefficient (Wildman–Crippen LogP) is 3.58. The summed E-state index contributed by atoms with van der Waals surface area (Å²) in [4.78, 5) is 23.9. The standard InChI is InChI=1S/C21H31N5O/c1-5-10-26-19(8-9-23-26)18-14-22-13-17(24-18)12-16-7-6-11-25(15-16)20(27)21(2,3)4/h8-9,13-14,16H,5-7,10-12,15H2,1-4H3/t16-/m1/s1. The maximum absolute atomic E-state index is 12.6. The summed E-state index contributed by atoms with van der Waals surface area (Å²) in [6, 6.07) is 1.99. The fourth-order valence-electron chi connectivity index (χ4n) is 3.75. The van der Waals surface area contributed by atoms with E-state index in [1.54, 1.807) is 0 Å². The maximum Gasteiger partial charge on any atom is 0.227 e. The van der Waals surface area contributed by atoms with Crippen LogP contribution in [0.2, 0.25) is 0 Å². The highest BCUT2D eigenvalue weighted by Crippen LogP contribution is 2.25. The second-order valence-electron chi connectivity index (χ2n) is 8.55. The first-order valence-electron chi connectivity index (χ1n) is 10.0. The van der Waals surface area contributed by atoms with Crippen LogP contribution in [-0.4, -0.2) is 43.6 Å². The highest BCUT2D eigenvalue weighted by molar-refractivity contribution is 5.81. The third-order valence-electron chi connectivity index (χ3n) is 5.04. The summed E-state index contributed by atoms with van der Waals surface area (Å²) in [6.07, 6.45) is 9.56. The van der Waals surface area contributed by atoms with Gasteiger partial charge in [-0.1, -0.05) is 27.7 Å². The van der Waals surface area contributed by atoms with Crippen molar-refractivity contribution in [1.29, 1.82) is 0 Å². The zero-order valence-corrected chi connectivity index (χ0v) is 17.0. The summed E-state index contributed by atoms with van der Waals surface area (Å²) in [5.41, 5.74) is 2.56. The number of likely N-dealkylation sites (tertiary alicyclic amines) is 1. The number of aryl methyl sites for hydroxylation is 1. The molecule has 1 amide bonds. The Hall–Kier alpha value is -2.24. The van der Waals surface area contributed by atoms with Crippen LogP contribution in [0.15, 0.2) is 24.7 Å². The van der Waals surface area contributed by atoms with Gasteiger partial charge in [0.15, 0.2) is 0 Å². The fourth-order valence-corrected chi connectivity index (χ4v) is 3.75. The molecule has 0 aromatic carbocycles. The van der Waals surface area contributed by atoms with E-state index < -0.39 is 0 Å². The molecule has 1 atom stereocenters. The zero-order chi connectivity index (χ0) is 19.4. The minimum Gasteiger partial charge on any atom is -0.342 e. The van der Waals surface area contributed by atoms with Gasteiger partial charge in [0, 0.05) is 37.4 Å². The first-order valence-corrected chi connectivity index (χ1v) is 10.0. The van der Waals surface area contributed by atoms with Gasteiger partial charge in [0.25, 0.3) is 0 Å². The van der Waals surface area contributed by atoms with E-state index in [-0.39, 0.29) is 11.3 Å². The fraction of sp³-hybridized carbons (Fsp3) is 0.619. The minimum absolute atomic E-state index is 0.246. The molecule has 0 N–H and O–H groups in total. The molecular weight excluding hydrogens is 338 g/mol. The largest absolute Gasteiger partial charge is 0.342 e. The van der Waals surface area contributed by atoms with Crippen LogP contribution in [-0.2, 0) is 17.8 Å².